The number of amides is 1. The maximum absolute atomic E-state index is 13.1. The normalized spacial score (nSPS) is 17.6. The number of imidazole rings is 1. The lowest BCUT2D eigenvalue weighted by Gasteiger charge is -2.32. The number of hydrogen-bond acceptors (Lipinski definition) is 7. The Morgan fingerprint density at radius 1 is 1.39 bits per heavy atom. The zero-order valence-corrected chi connectivity index (χ0v) is 15.0. The number of carbonyl (C=O) groups is 1. The van der Waals surface area contributed by atoms with Crippen molar-refractivity contribution < 1.29 is 14.3 Å². The monoisotopic (exact) mass is 379 g/mol. The highest BCUT2D eigenvalue weighted by atomic mass is 16.4. The van der Waals surface area contributed by atoms with Gasteiger partial charge in [0.05, 0.1) is 23.2 Å². The molecule has 1 aliphatic heterocycles. The number of nitrogens with one attached hydrogen (secondary N) is 1. The van der Waals surface area contributed by atoms with Crippen LogP contribution in [-0.2, 0) is 6.42 Å². The molecule has 4 aromatic heterocycles. The summed E-state index contributed by atoms with van der Waals surface area (Å²) in [5.74, 6) is -0.580. The summed E-state index contributed by atoms with van der Waals surface area (Å²) in [6.07, 6.45) is 3.16. The average Bonchev–Trinajstić information content (AvgIpc) is 3.44. The van der Waals surface area contributed by atoms with E-state index in [1.807, 2.05) is 30.5 Å². The van der Waals surface area contributed by atoms with E-state index in [1.165, 1.54) is 6.92 Å². The third-order valence-electron chi connectivity index (χ3n) is 4.84. The highest BCUT2D eigenvalue weighted by molar-refractivity contribution is 5.90. The molecule has 5 heterocycles. The van der Waals surface area contributed by atoms with Crippen LogP contribution in [0, 0.1) is 0 Å². The van der Waals surface area contributed by atoms with Gasteiger partial charge in [0.25, 0.3) is 0 Å². The lowest BCUT2D eigenvalue weighted by Crippen LogP contribution is -2.41. The molecular weight excluding hydrogens is 362 g/mol. The van der Waals surface area contributed by atoms with Crippen molar-refractivity contribution in [2.45, 2.75) is 25.5 Å². The number of hydrogen-bond donors (Lipinski definition) is 2. The molecule has 5 rings (SSSR count). The summed E-state index contributed by atoms with van der Waals surface area (Å²) in [6.45, 7) is 1.94. The molecule has 1 aliphatic rings. The Bertz CT molecular complexity index is 1130. The molecule has 2 N–H and O–H groups in total. The quantitative estimate of drug-likeness (QED) is 0.549. The summed E-state index contributed by atoms with van der Waals surface area (Å²) in [5, 5.41) is 21.8. The maximum atomic E-state index is 13.1. The summed E-state index contributed by atoms with van der Waals surface area (Å²) in [4.78, 5) is 22.4. The van der Waals surface area contributed by atoms with Crippen LogP contribution in [0.1, 0.15) is 52.7 Å². The zero-order chi connectivity index (χ0) is 19.3. The zero-order valence-electron chi connectivity index (χ0n) is 15.0. The maximum Gasteiger partial charge on any atom is 0.312 e. The minimum atomic E-state index is -0.942. The molecule has 0 spiro atoms. The van der Waals surface area contributed by atoms with Crippen LogP contribution in [0.25, 0.3) is 5.52 Å². The molecule has 0 saturated heterocycles. The van der Waals surface area contributed by atoms with Gasteiger partial charge in [-0.2, -0.15) is 5.10 Å². The van der Waals surface area contributed by atoms with Crippen LogP contribution in [0.5, 0.6) is 0 Å². The van der Waals surface area contributed by atoms with Crippen molar-refractivity contribution in [2.24, 2.45) is 0 Å². The van der Waals surface area contributed by atoms with Gasteiger partial charge >= 0.3 is 11.8 Å². The average molecular weight is 379 g/mol. The molecule has 0 saturated carbocycles. The van der Waals surface area contributed by atoms with Gasteiger partial charge in [-0.15, -0.1) is 10.2 Å². The van der Waals surface area contributed by atoms with Crippen LogP contribution in [0.15, 0.2) is 41.2 Å². The standard InChI is InChI=1S/C18H17N7O3/c1-10(26)16-21-22-17(28-16)18(27)24-7-5-12-14(20-9-19-12)15(24)13-8-11-4-2-3-6-25(11)23-13/h2-4,6,8-10,15,26H,5,7H2,1H3,(H,19,20)/t10-,15?/m0/s1. The fourth-order valence-electron chi connectivity index (χ4n) is 3.50. The molecule has 0 bridgehead atoms. The first-order valence-corrected chi connectivity index (χ1v) is 8.90. The Labute approximate surface area is 158 Å². The van der Waals surface area contributed by atoms with Gasteiger partial charge in [-0.3, -0.25) is 4.79 Å². The van der Waals surface area contributed by atoms with Crippen LogP contribution < -0.4 is 0 Å². The molecule has 0 fully saturated rings. The minimum Gasteiger partial charge on any atom is -0.414 e. The van der Waals surface area contributed by atoms with Crippen LogP contribution in [0.3, 0.4) is 0 Å². The third kappa shape index (κ3) is 2.57. The Kier molecular flexibility index (Phi) is 3.72. The summed E-state index contributed by atoms with van der Waals surface area (Å²) >= 11 is 0. The first-order valence-electron chi connectivity index (χ1n) is 8.90. The predicted molar refractivity (Wildman–Crippen MR) is 95.3 cm³/mol. The molecule has 10 nitrogen and oxygen atoms in total. The summed E-state index contributed by atoms with van der Waals surface area (Å²) in [5.41, 5.74) is 3.34. The SMILES string of the molecule is C[C@H](O)c1nnc(C(=O)N2CCc3[nH]cnc3C2c2cc3ccccn3n2)o1. The molecule has 10 heteroatoms. The number of aromatic nitrogens is 6. The molecule has 2 atom stereocenters. The van der Waals surface area contributed by atoms with E-state index in [2.05, 4.69) is 25.3 Å². The van der Waals surface area contributed by atoms with Crippen LogP contribution >= 0.6 is 0 Å². The van der Waals surface area contributed by atoms with E-state index >= 15 is 0 Å². The summed E-state index contributed by atoms with van der Waals surface area (Å²) < 4.78 is 7.12. The first kappa shape index (κ1) is 16.6. The van der Waals surface area contributed by atoms with E-state index in [4.69, 9.17) is 4.42 Å². The van der Waals surface area contributed by atoms with Crippen molar-refractivity contribution in [2.75, 3.05) is 6.54 Å². The van der Waals surface area contributed by atoms with Gasteiger partial charge < -0.3 is 19.4 Å². The van der Waals surface area contributed by atoms with Gasteiger partial charge in [0, 0.05) is 24.9 Å². The largest absolute Gasteiger partial charge is 0.414 e. The van der Waals surface area contributed by atoms with E-state index in [1.54, 1.807) is 15.7 Å². The summed E-state index contributed by atoms with van der Waals surface area (Å²) in [7, 11) is 0. The second-order valence-electron chi connectivity index (χ2n) is 6.68. The summed E-state index contributed by atoms with van der Waals surface area (Å²) in [6, 6.07) is 7.22. The predicted octanol–water partition coefficient (Wildman–Crippen LogP) is 1.28. The van der Waals surface area contributed by atoms with E-state index in [0.717, 1.165) is 16.9 Å². The van der Waals surface area contributed by atoms with Gasteiger partial charge in [0.1, 0.15) is 12.1 Å². The molecule has 4 aromatic rings. The molecule has 28 heavy (non-hydrogen) atoms. The first-order chi connectivity index (χ1) is 13.6. The molecule has 0 radical (unpaired) electrons. The lowest BCUT2D eigenvalue weighted by atomic mass is 9.99. The van der Waals surface area contributed by atoms with Gasteiger partial charge in [0.15, 0.2) is 0 Å². The Morgan fingerprint density at radius 2 is 2.29 bits per heavy atom. The minimum absolute atomic E-state index is 0.00472. The van der Waals surface area contributed by atoms with Crippen molar-refractivity contribution in [3.63, 3.8) is 0 Å². The molecule has 0 aromatic carbocycles. The van der Waals surface area contributed by atoms with Crippen LogP contribution in [0.2, 0.25) is 0 Å². The Morgan fingerprint density at radius 3 is 3.07 bits per heavy atom. The lowest BCUT2D eigenvalue weighted by molar-refractivity contribution is 0.0637. The number of rotatable bonds is 3. The smallest absolute Gasteiger partial charge is 0.312 e. The molecule has 1 unspecified atom stereocenters. The third-order valence-corrected chi connectivity index (χ3v) is 4.84. The second-order valence-corrected chi connectivity index (χ2v) is 6.68. The molecule has 1 amide bonds. The van der Waals surface area contributed by atoms with Gasteiger partial charge in [-0.05, 0) is 25.1 Å². The Hall–Kier alpha value is -3.53. The molecule has 142 valence electrons. The number of aliphatic hydroxyl groups excluding tert-OH is 1. The second kappa shape index (κ2) is 6.27. The number of nitrogens with zero attached hydrogens (tertiary/aromatic N) is 6. The van der Waals surface area contributed by atoms with Gasteiger partial charge in [-0.1, -0.05) is 6.07 Å². The van der Waals surface area contributed by atoms with E-state index < -0.39 is 18.1 Å². The fourth-order valence-corrected chi connectivity index (χ4v) is 3.50. The van der Waals surface area contributed by atoms with Crippen molar-refractivity contribution in [1.29, 1.82) is 0 Å². The Balaban J connectivity index is 1.58. The number of aliphatic hydroxyl groups is 1. The van der Waals surface area contributed by atoms with E-state index in [0.29, 0.717) is 18.7 Å². The van der Waals surface area contributed by atoms with Crippen molar-refractivity contribution in [3.05, 3.63) is 65.7 Å². The van der Waals surface area contributed by atoms with Gasteiger partial charge in [-0.25, -0.2) is 9.50 Å². The number of H-pyrrole nitrogens is 1. The fraction of sp³-hybridized carbons (Fsp3) is 0.278. The number of fused-ring (bicyclic) bond motifs is 2. The number of carbonyl (C=O) groups excluding carboxylic acids is 1. The topological polar surface area (TPSA) is 125 Å². The molecular formula is C18H17N7O3. The van der Waals surface area contributed by atoms with E-state index in [-0.39, 0.29) is 11.8 Å². The number of aromatic amines is 1. The molecule has 0 aliphatic carbocycles. The van der Waals surface area contributed by atoms with E-state index in [9.17, 15) is 9.90 Å². The van der Waals surface area contributed by atoms with Crippen molar-refractivity contribution >= 4 is 11.4 Å². The van der Waals surface area contributed by atoms with Crippen LogP contribution in [-0.4, -0.2) is 52.2 Å². The van der Waals surface area contributed by atoms with Gasteiger partial charge in [0.2, 0.25) is 5.89 Å². The highest BCUT2D eigenvalue weighted by Crippen LogP contribution is 2.34. The highest BCUT2D eigenvalue weighted by Gasteiger charge is 2.38. The van der Waals surface area contributed by atoms with Crippen LogP contribution in [0.4, 0.5) is 0 Å². The van der Waals surface area contributed by atoms with Crippen molar-refractivity contribution in [1.82, 2.24) is 34.7 Å². The van der Waals surface area contributed by atoms with Crippen molar-refractivity contribution in [3.8, 4) is 0 Å². The number of pyridine rings is 1.